The van der Waals surface area contributed by atoms with Crippen LogP contribution in [0.15, 0.2) is 18.2 Å². The zero-order valence-corrected chi connectivity index (χ0v) is 12.7. The molecule has 0 bridgehead atoms. The molecule has 1 unspecified atom stereocenters. The van der Waals surface area contributed by atoms with Gasteiger partial charge in [-0.25, -0.2) is 0 Å². The molecule has 20 heavy (non-hydrogen) atoms. The summed E-state index contributed by atoms with van der Waals surface area (Å²) in [5.74, 6) is 0.850. The molecule has 0 saturated carbocycles. The number of ether oxygens (including phenoxy) is 1. The Labute approximate surface area is 122 Å². The van der Waals surface area contributed by atoms with Crippen LogP contribution in [0.4, 0.5) is 11.4 Å². The van der Waals surface area contributed by atoms with Gasteiger partial charge < -0.3 is 20.7 Å². The summed E-state index contributed by atoms with van der Waals surface area (Å²) >= 11 is 0. The van der Waals surface area contributed by atoms with Gasteiger partial charge in [0.2, 0.25) is 0 Å². The van der Waals surface area contributed by atoms with E-state index in [1.807, 2.05) is 18.2 Å². The van der Waals surface area contributed by atoms with Gasteiger partial charge >= 0.3 is 0 Å². The number of nitrogens with zero attached hydrogens (tertiary/aromatic N) is 1. The van der Waals surface area contributed by atoms with Gasteiger partial charge in [0.15, 0.2) is 0 Å². The van der Waals surface area contributed by atoms with Gasteiger partial charge in [0.25, 0.3) is 0 Å². The van der Waals surface area contributed by atoms with Crippen LogP contribution in [-0.2, 0) is 0 Å². The predicted molar refractivity (Wildman–Crippen MR) is 85.4 cm³/mol. The number of rotatable bonds is 7. The molecule has 1 aromatic carbocycles. The molecule has 0 aliphatic carbocycles. The minimum atomic E-state index is 0.411. The maximum Gasteiger partial charge on any atom is 0.123 e. The van der Waals surface area contributed by atoms with Crippen LogP contribution in [-0.4, -0.2) is 37.2 Å². The van der Waals surface area contributed by atoms with Gasteiger partial charge in [0, 0.05) is 36.1 Å². The molecule has 1 atom stereocenters. The lowest BCUT2D eigenvalue weighted by Gasteiger charge is -2.22. The summed E-state index contributed by atoms with van der Waals surface area (Å²) in [7, 11) is 0. The zero-order chi connectivity index (χ0) is 14.4. The van der Waals surface area contributed by atoms with Crippen molar-refractivity contribution in [3.63, 3.8) is 0 Å². The Balaban J connectivity index is 1.91. The first kappa shape index (κ1) is 15.0. The van der Waals surface area contributed by atoms with E-state index in [0.29, 0.717) is 6.04 Å². The number of hydrogen-bond donors (Lipinski definition) is 2. The maximum absolute atomic E-state index is 5.94. The Bertz CT molecular complexity index is 416. The van der Waals surface area contributed by atoms with Gasteiger partial charge in [-0.3, -0.25) is 0 Å². The predicted octanol–water partition coefficient (Wildman–Crippen LogP) is 2.95. The summed E-state index contributed by atoms with van der Waals surface area (Å²) in [6.45, 7) is 8.59. The van der Waals surface area contributed by atoms with E-state index in [1.165, 1.54) is 25.9 Å². The third kappa shape index (κ3) is 4.60. The van der Waals surface area contributed by atoms with Crippen LogP contribution < -0.4 is 15.8 Å². The molecule has 1 aliphatic rings. The number of nitrogens with two attached hydrogens (primary N) is 1. The van der Waals surface area contributed by atoms with Gasteiger partial charge in [-0.2, -0.15) is 0 Å². The van der Waals surface area contributed by atoms with E-state index in [1.54, 1.807) is 0 Å². The van der Waals surface area contributed by atoms with Crippen molar-refractivity contribution in [3.8, 4) is 5.75 Å². The molecule has 1 saturated heterocycles. The van der Waals surface area contributed by atoms with E-state index in [4.69, 9.17) is 10.5 Å². The molecule has 112 valence electrons. The topological polar surface area (TPSA) is 50.5 Å². The molecule has 1 heterocycles. The average Bonchev–Trinajstić information content (AvgIpc) is 2.88. The normalized spacial score (nSPS) is 17.1. The SMILES string of the molecule is CCCOc1cc(N)cc(NC(C)CN2CCCC2)c1. The molecule has 4 heteroatoms. The highest BCUT2D eigenvalue weighted by Crippen LogP contribution is 2.23. The Kier molecular flexibility index (Phi) is 5.53. The van der Waals surface area contributed by atoms with Crippen molar-refractivity contribution in [2.24, 2.45) is 0 Å². The second-order valence-corrected chi connectivity index (χ2v) is 5.69. The summed E-state index contributed by atoms with van der Waals surface area (Å²) in [5.41, 5.74) is 7.73. The summed E-state index contributed by atoms with van der Waals surface area (Å²) in [5, 5.41) is 3.52. The lowest BCUT2D eigenvalue weighted by Crippen LogP contribution is -2.32. The van der Waals surface area contributed by atoms with Crippen molar-refractivity contribution in [2.45, 2.75) is 39.2 Å². The van der Waals surface area contributed by atoms with Gasteiger partial charge in [-0.05, 0) is 45.3 Å². The zero-order valence-electron chi connectivity index (χ0n) is 12.7. The highest BCUT2D eigenvalue weighted by atomic mass is 16.5. The smallest absolute Gasteiger partial charge is 0.123 e. The monoisotopic (exact) mass is 277 g/mol. The van der Waals surface area contributed by atoms with Crippen LogP contribution in [0.2, 0.25) is 0 Å². The molecule has 0 radical (unpaired) electrons. The van der Waals surface area contributed by atoms with E-state index >= 15 is 0 Å². The van der Waals surface area contributed by atoms with Crippen molar-refractivity contribution in [1.82, 2.24) is 4.90 Å². The second-order valence-electron chi connectivity index (χ2n) is 5.69. The molecule has 3 N–H and O–H groups in total. The minimum absolute atomic E-state index is 0.411. The fourth-order valence-corrected chi connectivity index (χ4v) is 2.69. The molecule has 2 rings (SSSR count). The average molecular weight is 277 g/mol. The van der Waals surface area contributed by atoms with Gasteiger partial charge in [-0.15, -0.1) is 0 Å². The summed E-state index contributed by atoms with van der Waals surface area (Å²) in [6, 6.07) is 6.30. The number of benzene rings is 1. The van der Waals surface area contributed by atoms with E-state index in [2.05, 4.69) is 24.1 Å². The third-order valence-electron chi connectivity index (χ3n) is 3.55. The lowest BCUT2D eigenvalue weighted by molar-refractivity contribution is 0.317. The van der Waals surface area contributed by atoms with E-state index in [-0.39, 0.29) is 0 Å². The number of nitrogen functional groups attached to an aromatic ring is 1. The first-order chi connectivity index (χ1) is 9.67. The number of anilines is 2. The maximum atomic E-state index is 5.94. The summed E-state index contributed by atoms with van der Waals surface area (Å²) < 4.78 is 5.66. The van der Waals surface area contributed by atoms with Crippen molar-refractivity contribution >= 4 is 11.4 Å². The molecule has 1 aliphatic heterocycles. The van der Waals surface area contributed by atoms with Crippen LogP contribution in [0.1, 0.15) is 33.1 Å². The highest BCUT2D eigenvalue weighted by Gasteiger charge is 2.14. The first-order valence-electron chi connectivity index (χ1n) is 7.69. The van der Waals surface area contributed by atoms with Crippen LogP contribution in [0.25, 0.3) is 0 Å². The fraction of sp³-hybridized carbons (Fsp3) is 0.625. The number of likely N-dealkylation sites (tertiary alicyclic amines) is 1. The van der Waals surface area contributed by atoms with Crippen molar-refractivity contribution < 1.29 is 4.74 Å². The molecule has 0 aromatic heterocycles. The van der Waals surface area contributed by atoms with Gasteiger partial charge in [0.1, 0.15) is 5.75 Å². The van der Waals surface area contributed by atoms with Crippen LogP contribution in [0, 0.1) is 0 Å². The second kappa shape index (κ2) is 7.39. The number of nitrogens with one attached hydrogen (secondary N) is 1. The number of hydrogen-bond acceptors (Lipinski definition) is 4. The largest absolute Gasteiger partial charge is 0.493 e. The Hall–Kier alpha value is -1.42. The van der Waals surface area contributed by atoms with E-state index in [0.717, 1.165) is 36.7 Å². The van der Waals surface area contributed by atoms with Crippen LogP contribution >= 0.6 is 0 Å². The van der Waals surface area contributed by atoms with E-state index < -0.39 is 0 Å². The van der Waals surface area contributed by atoms with Crippen LogP contribution in [0.5, 0.6) is 5.75 Å². The first-order valence-corrected chi connectivity index (χ1v) is 7.69. The van der Waals surface area contributed by atoms with Crippen molar-refractivity contribution in [2.75, 3.05) is 37.3 Å². The van der Waals surface area contributed by atoms with E-state index in [9.17, 15) is 0 Å². The molecule has 1 aromatic rings. The fourth-order valence-electron chi connectivity index (χ4n) is 2.69. The Morgan fingerprint density at radius 3 is 2.75 bits per heavy atom. The summed E-state index contributed by atoms with van der Waals surface area (Å²) in [6.07, 6.45) is 3.67. The molecular formula is C16H27N3O. The van der Waals surface area contributed by atoms with Gasteiger partial charge in [0.05, 0.1) is 6.61 Å². The van der Waals surface area contributed by atoms with Crippen molar-refractivity contribution in [3.05, 3.63) is 18.2 Å². The quantitative estimate of drug-likeness (QED) is 0.752. The lowest BCUT2D eigenvalue weighted by atomic mass is 10.2. The molecule has 4 nitrogen and oxygen atoms in total. The Morgan fingerprint density at radius 1 is 1.30 bits per heavy atom. The van der Waals surface area contributed by atoms with Crippen molar-refractivity contribution in [1.29, 1.82) is 0 Å². The summed E-state index contributed by atoms with van der Waals surface area (Å²) in [4.78, 5) is 2.51. The minimum Gasteiger partial charge on any atom is -0.493 e. The third-order valence-corrected chi connectivity index (χ3v) is 3.55. The molecule has 0 amide bonds. The molecule has 1 fully saturated rings. The van der Waals surface area contributed by atoms with Gasteiger partial charge in [-0.1, -0.05) is 6.92 Å². The molecular weight excluding hydrogens is 250 g/mol. The van der Waals surface area contributed by atoms with Crippen LogP contribution in [0.3, 0.4) is 0 Å². The molecule has 0 spiro atoms. The standard InChI is InChI=1S/C16H27N3O/c1-3-8-20-16-10-14(17)9-15(11-16)18-13(2)12-19-6-4-5-7-19/h9-11,13,18H,3-8,12,17H2,1-2H3. The highest BCUT2D eigenvalue weighted by molar-refractivity contribution is 5.59. The Morgan fingerprint density at radius 2 is 2.05 bits per heavy atom.